The van der Waals surface area contributed by atoms with Gasteiger partial charge in [-0.15, -0.1) is 0 Å². The summed E-state index contributed by atoms with van der Waals surface area (Å²) in [6.07, 6.45) is 7.20. The van der Waals surface area contributed by atoms with Crippen LogP contribution in [-0.4, -0.2) is 45.7 Å². The number of pyridine rings is 1. The molecule has 34 heavy (non-hydrogen) atoms. The van der Waals surface area contributed by atoms with Crippen molar-refractivity contribution in [1.29, 1.82) is 0 Å². The van der Waals surface area contributed by atoms with E-state index in [4.69, 9.17) is 5.10 Å². The number of aryl methyl sites for hydroxylation is 2. The maximum absolute atomic E-state index is 12.9. The smallest absolute Gasteiger partial charge is 0.255 e. The number of anilines is 1. The van der Waals surface area contributed by atoms with Crippen LogP contribution in [0.1, 0.15) is 35.3 Å². The van der Waals surface area contributed by atoms with Crippen molar-refractivity contribution in [2.24, 2.45) is 5.92 Å². The SMILES string of the molecule is Cc1nn(CCC2CCN(C)CC2)c2cc(NC(=O)c3ccc(-c4ccncc4)cc3)ccc12. The minimum Gasteiger partial charge on any atom is -0.322 e. The molecule has 0 unspecified atom stereocenters. The third-order valence-corrected chi connectivity index (χ3v) is 6.94. The van der Waals surface area contributed by atoms with Crippen LogP contribution in [0, 0.1) is 12.8 Å². The molecule has 5 rings (SSSR count). The zero-order chi connectivity index (χ0) is 23.5. The lowest BCUT2D eigenvalue weighted by atomic mass is 9.94. The Balaban J connectivity index is 1.29. The van der Waals surface area contributed by atoms with Crippen LogP contribution in [0.4, 0.5) is 5.69 Å². The minimum absolute atomic E-state index is 0.116. The standard InChI is InChI=1S/C28H31N5O/c1-20-26-8-7-25(19-27(26)33(31-20)18-13-21-11-16-32(2)17-12-21)30-28(34)24-5-3-22(4-6-24)23-9-14-29-15-10-23/h3-10,14-15,19,21H,11-13,16-18H2,1-2H3,(H,30,34). The number of aromatic nitrogens is 3. The first-order valence-corrected chi connectivity index (χ1v) is 12.0. The number of hydrogen-bond acceptors (Lipinski definition) is 4. The van der Waals surface area contributed by atoms with Gasteiger partial charge in [-0.2, -0.15) is 5.10 Å². The summed E-state index contributed by atoms with van der Waals surface area (Å²) in [6, 6.07) is 17.6. The number of carbonyl (C=O) groups excluding carboxylic acids is 1. The van der Waals surface area contributed by atoms with Crippen LogP contribution >= 0.6 is 0 Å². The number of likely N-dealkylation sites (tertiary alicyclic amines) is 1. The number of piperidine rings is 1. The largest absolute Gasteiger partial charge is 0.322 e. The van der Waals surface area contributed by atoms with Gasteiger partial charge in [0.05, 0.1) is 11.2 Å². The molecule has 1 aliphatic heterocycles. The Hall–Kier alpha value is -3.51. The predicted octanol–water partition coefficient (Wildman–Crippen LogP) is 5.39. The number of benzene rings is 2. The van der Waals surface area contributed by atoms with Gasteiger partial charge in [-0.05, 0) is 106 Å². The molecule has 2 aromatic heterocycles. The normalized spacial score (nSPS) is 15.0. The third kappa shape index (κ3) is 4.87. The molecular formula is C28H31N5O. The average Bonchev–Trinajstić information content (AvgIpc) is 3.19. The maximum Gasteiger partial charge on any atom is 0.255 e. The molecule has 0 aliphatic carbocycles. The van der Waals surface area contributed by atoms with Gasteiger partial charge in [0.15, 0.2) is 0 Å². The number of hydrogen-bond donors (Lipinski definition) is 1. The van der Waals surface area contributed by atoms with E-state index >= 15 is 0 Å². The monoisotopic (exact) mass is 453 g/mol. The van der Waals surface area contributed by atoms with Gasteiger partial charge in [-0.25, -0.2) is 0 Å². The molecule has 0 saturated carbocycles. The summed E-state index contributed by atoms with van der Waals surface area (Å²) in [6.45, 7) is 5.33. The summed E-state index contributed by atoms with van der Waals surface area (Å²) >= 11 is 0. The van der Waals surface area contributed by atoms with E-state index < -0.39 is 0 Å². The maximum atomic E-state index is 12.9. The first-order chi connectivity index (χ1) is 16.6. The summed E-state index contributed by atoms with van der Waals surface area (Å²) in [5.41, 5.74) is 5.67. The highest BCUT2D eigenvalue weighted by atomic mass is 16.1. The van der Waals surface area contributed by atoms with E-state index in [1.165, 1.54) is 25.9 Å². The molecular weight excluding hydrogens is 422 g/mol. The van der Waals surface area contributed by atoms with Crippen LogP contribution in [-0.2, 0) is 6.54 Å². The second kappa shape index (κ2) is 9.77. The first-order valence-electron chi connectivity index (χ1n) is 12.0. The van der Waals surface area contributed by atoms with Crippen molar-refractivity contribution in [1.82, 2.24) is 19.7 Å². The molecule has 1 saturated heterocycles. The fraction of sp³-hybridized carbons (Fsp3) is 0.321. The number of nitrogens with zero attached hydrogens (tertiary/aromatic N) is 4. The fourth-order valence-electron chi connectivity index (χ4n) is 4.81. The summed E-state index contributed by atoms with van der Waals surface area (Å²) < 4.78 is 2.11. The minimum atomic E-state index is -0.116. The number of carbonyl (C=O) groups is 1. The van der Waals surface area contributed by atoms with Crippen LogP contribution < -0.4 is 5.32 Å². The van der Waals surface area contributed by atoms with Gasteiger partial charge in [0.2, 0.25) is 0 Å². The lowest BCUT2D eigenvalue weighted by Gasteiger charge is -2.28. The second-order valence-corrected chi connectivity index (χ2v) is 9.34. The van der Waals surface area contributed by atoms with E-state index in [1.807, 2.05) is 48.5 Å². The molecule has 1 fully saturated rings. The third-order valence-electron chi connectivity index (χ3n) is 6.94. The van der Waals surface area contributed by atoms with Gasteiger partial charge in [-0.3, -0.25) is 14.5 Å². The highest BCUT2D eigenvalue weighted by molar-refractivity contribution is 6.05. The molecule has 0 radical (unpaired) electrons. The van der Waals surface area contributed by atoms with Crippen LogP contribution in [0.3, 0.4) is 0 Å². The lowest BCUT2D eigenvalue weighted by Crippen LogP contribution is -2.30. The van der Waals surface area contributed by atoms with Gasteiger partial charge in [-0.1, -0.05) is 12.1 Å². The van der Waals surface area contributed by atoms with Crippen LogP contribution in [0.5, 0.6) is 0 Å². The van der Waals surface area contributed by atoms with Crippen LogP contribution in [0.25, 0.3) is 22.0 Å². The Bertz CT molecular complexity index is 1270. The van der Waals surface area contributed by atoms with Gasteiger partial charge in [0, 0.05) is 35.6 Å². The Morgan fingerprint density at radius 2 is 1.71 bits per heavy atom. The predicted molar refractivity (Wildman–Crippen MR) is 137 cm³/mol. The van der Waals surface area contributed by atoms with Crippen molar-refractivity contribution in [2.45, 2.75) is 32.7 Å². The molecule has 0 bridgehead atoms. The first kappa shape index (κ1) is 22.3. The molecule has 1 N–H and O–H groups in total. The highest BCUT2D eigenvalue weighted by Gasteiger charge is 2.18. The zero-order valence-corrected chi connectivity index (χ0v) is 19.9. The Labute approximate surface area is 200 Å². The van der Waals surface area contributed by atoms with Gasteiger partial charge in [0.1, 0.15) is 0 Å². The second-order valence-electron chi connectivity index (χ2n) is 9.34. The molecule has 6 heteroatoms. The number of nitrogens with one attached hydrogen (secondary N) is 1. The zero-order valence-electron chi connectivity index (χ0n) is 19.9. The lowest BCUT2D eigenvalue weighted by molar-refractivity contribution is 0.102. The van der Waals surface area contributed by atoms with Crippen LogP contribution in [0.15, 0.2) is 67.0 Å². The van der Waals surface area contributed by atoms with Crippen molar-refractivity contribution >= 4 is 22.5 Å². The van der Waals surface area contributed by atoms with E-state index in [1.54, 1.807) is 12.4 Å². The van der Waals surface area contributed by atoms with E-state index in [9.17, 15) is 4.79 Å². The molecule has 0 spiro atoms. The van der Waals surface area contributed by atoms with E-state index in [0.717, 1.165) is 52.3 Å². The number of rotatable bonds is 6. The van der Waals surface area contributed by atoms with E-state index in [2.05, 4.69) is 39.9 Å². The summed E-state index contributed by atoms with van der Waals surface area (Å²) in [7, 11) is 2.20. The molecule has 174 valence electrons. The summed E-state index contributed by atoms with van der Waals surface area (Å²) in [4.78, 5) is 19.4. The summed E-state index contributed by atoms with van der Waals surface area (Å²) in [5.74, 6) is 0.642. The van der Waals surface area contributed by atoms with Crippen molar-refractivity contribution in [3.63, 3.8) is 0 Å². The van der Waals surface area contributed by atoms with Gasteiger partial charge < -0.3 is 10.2 Å². The molecule has 2 aromatic carbocycles. The Kier molecular flexibility index (Phi) is 6.41. The molecule has 3 heterocycles. The Morgan fingerprint density at radius 1 is 1.00 bits per heavy atom. The molecule has 0 atom stereocenters. The molecule has 4 aromatic rings. The van der Waals surface area contributed by atoms with Crippen molar-refractivity contribution < 1.29 is 4.79 Å². The molecule has 1 aliphatic rings. The molecule has 6 nitrogen and oxygen atoms in total. The van der Waals surface area contributed by atoms with E-state index in [0.29, 0.717) is 5.56 Å². The van der Waals surface area contributed by atoms with Crippen LogP contribution in [0.2, 0.25) is 0 Å². The van der Waals surface area contributed by atoms with E-state index in [-0.39, 0.29) is 5.91 Å². The van der Waals surface area contributed by atoms with Gasteiger partial charge >= 0.3 is 0 Å². The quantitative estimate of drug-likeness (QED) is 0.425. The topological polar surface area (TPSA) is 63.1 Å². The fourth-order valence-corrected chi connectivity index (χ4v) is 4.81. The Morgan fingerprint density at radius 3 is 2.44 bits per heavy atom. The van der Waals surface area contributed by atoms with Crippen molar-refractivity contribution in [2.75, 3.05) is 25.5 Å². The number of fused-ring (bicyclic) bond motifs is 1. The average molecular weight is 454 g/mol. The number of amides is 1. The van der Waals surface area contributed by atoms with Crippen molar-refractivity contribution in [3.8, 4) is 11.1 Å². The highest BCUT2D eigenvalue weighted by Crippen LogP contribution is 2.26. The van der Waals surface area contributed by atoms with Gasteiger partial charge in [0.25, 0.3) is 5.91 Å². The van der Waals surface area contributed by atoms with Crippen molar-refractivity contribution in [3.05, 3.63) is 78.2 Å². The molecule has 1 amide bonds. The summed E-state index contributed by atoms with van der Waals surface area (Å²) in [5, 5.41) is 9.00.